The molecule has 6 heteroatoms. The van der Waals surface area contributed by atoms with Crippen LogP contribution < -0.4 is 9.47 Å². The highest BCUT2D eigenvalue weighted by Crippen LogP contribution is 2.29. The maximum atomic E-state index is 10.9. The van der Waals surface area contributed by atoms with Gasteiger partial charge >= 0.3 is 5.97 Å². The fraction of sp³-hybridized carbons (Fsp3) is 0.278. The molecular weight excluding hydrogens is 310 g/mol. The van der Waals surface area contributed by atoms with Crippen LogP contribution in [0.5, 0.6) is 11.5 Å². The molecule has 1 aromatic carbocycles. The molecule has 0 unspecified atom stereocenters. The third-order valence-electron chi connectivity index (χ3n) is 2.97. The largest absolute Gasteiger partial charge is 0.493 e. The van der Waals surface area contributed by atoms with E-state index in [1.807, 2.05) is 0 Å². The van der Waals surface area contributed by atoms with Crippen LogP contribution in [0.15, 0.2) is 36.4 Å². The molecule has 1 rings (SSSR count). The molecule has 0 fully saturated rings. The van der Waals surface area contributed by atoms with E-state index in [9.17, 15) is 9.59 Å². The molecule has 0 radical (unpaired) electrons. The summed E-state index contributed by atoms with van der Waals surface area (Å²) >= 11 is 0. The molecule has 0 amide bonds. The molecule has 0 aliphatic carbocycles. The Balaban J connectivity index is 2.55. The van der Waals surface area contributed by atoms with Gasteiger partial charge in [-0.2, -0.15) is 5.26 Å². The van der Waals surface area contributed by atoms with E-state index in [0.717, 1.165) is 6.08 Å². The molecule has 126 valence electrons. The second-order valence-corrected chi connectivity index (χ2v) is 4.67. The van der Waals surface area contributed by atoms with E-state index >= 15 is 0 Å². The van der Waals surface area contributed by atoms with E-state index in [-0.39, 0.29) is 5.57 Å². The van der Waals surface area contributed by atoms with Crippen LogP contribution in [0.2, 0.25) is 0 Å². The van der Waals surface area contributed by atoms with Gasteiger partial charge in [-0.15, -0.1) is 0 Å². The van der Waals surface area contributed by atoms with Crippen molar-refractivity contribution in [3.05, 3.63) is 42.0 Å². The standard InChI is InChI=1S/C18H19NO5/c1-3-18(21)24-9-5-4-8-23-16-7-6-14(11-17(16)22-2)10-15(12-19)13-20/h3,6-7,10-11,13H,1,4-5,8-9H2,2H3/b15-10+. The van der Waals surface area contributed by atoms with Gasteiger partial charge in [0.15, 0.2) is 17.8 Å². The monoisotopic (exact) mass is 329 g/mol. The van der Waals surface area contributed by atoms with Crippen molar-refractivity contribution in [1.29, 1.82) is 5.26 Å². The summed E-state index contributed by atoms with van der Waals surface area (Å²) in [6, 6.07) is 6.92. The topological polar surface area (TPSA) is 85.6 Å². The molecule has 0 aliphatic heterocycles. The second-order valence-electron chi connectivity index (χ2n) is 4.67. The van der Waals surface area contributed by atoms with E-state index in [4.69, 9.17) is 19.5 Å². The average Bonchev–Trinajstić information content (AvgIpc) is 2.62. The van der Waals surface area contributed by atoms with Gasteiger partial charge in [-0.1, -0.05) is 12.6 Å². The molecule has 0 bridgehead atoms. The molecule has 0 heterocycles. The van der Waals surface area contributed by atoms with Gasteiger partial charge in [-0.05, 0) is 36.6 Å². The molecule has 0 saturated carbocycles. The predicted molar refractivity (Wildman–Crippen MR) is 88.5 cm³/mol. The molecule has 0 N–H and O–H groups in total. The Morgan fingerprint density at radius 2 is 2.04 bits per heavy atom. The van der Waals surface area contributed by atoms with Crippen molar-refractivity contribution in [2.75, 3.05) is 20.3 Å². The number of benzene rings is 1. The van der Waals surface area contributed by atoms with E-state index in [0.29, 0.717) is 49.4 Å². The highest BCUT2D eigenvalue weighted by molar-refractivity contribution is 5.87. The number of carbonyl (C=O) groups excluding carboxylic acids is 2. The predicted octanol–water partition coefficient (Wildman–Crippen LogP) is 2.69. The van der Waals surface area contributed by atoms with Crippen LogP contribution in [0.4, 0.5) is 0 Å². The highest BCUT2D eigenvalue weighted by Gasteiger charge is 2.06. The van der Waals surface area contributed by atoms with Crippen molar-refractivity contribution in [2.45, 2.75) is 12.8 Å². The molecule has 24 heavy (non-hydrogen) atoms. The van der Waals surface area contributed by atoms with Crippen molar-refractivity contribution in [1.82, 2.24) is 0 Å². The summed E-state index contributed by atoms with van der Waals surface area (Å²) in [5.74, 6) is 0.626. The van der Waals surface area contributed by atoms with Gasteiger partial charge in [0.25, 0.3) is 0 Å². The maximum Gasteiger partial charge on any atom is 0.330 e. The third-order valence-corrected chi connectivity index (χ3v) is 2.97. The third kappa shape index (κ3) is 6.36. The Morgan fingerprint density at radius 1 is 1.29 bits per heavy atom. The Bertz CT molecular complexity index is 658. The maximum absolute atomic E-state index is 10.9. The summed E-state index contributed by atoms with van der Waals surface area (Å²) in [5, 5.41) is 8.76. The van der Waals surface area contributed by atoms with Gasteiger partial charge < -0.3 is 14.2 Å². The first-order valence-electron chi connectivity index (χ1n) is 7.31. The van der Waals surface area contributed by atoms with E-state index < -0.39 is 5.97 Å². The normalized spacial score (nSPS) is 10.4. The van der Waals surface area contributed by atoms with Crippen LogP contribution in [0.1, 0.15) is 18.4 Å². The number of allylic oxidation sites excluding steroid dienone is 1. The van der Waals surface area contributed by atoms with Gasteiger partial charge in [0.2, 0.25) is 0 Å². The molecule has 0 aliphatic rings. The average molecular weight is 329 g/mol. The summed E-state index contributed by atoms with van der Waals surface area (Å²) in [7, 11) is 1.51. The lowest BCUT2D eigenvalue weighted by molar-refractivity contribution is -0.137. The zero-order chi connectivity index (χ0) is 17.8. The van der Waals surface area contributed by atoms with Crippen molar-refractivity contribution in [3.8, 4) is 17.6 Å². The smallest absolute Gasteiger partial charge is 0.330 e. The number of nitrogens with zero attached hydrogens (tertiary/aromatic N) is 1. The number of nitriles is 1. The molecule has 0 saturated heterocycles. The van der Waals surface area contributed by atoms with Gasteiger partial charge in [0.1, 0.15) is 6.07 Å². The first-order chi connectivity index (χ1) is 11.6. The molecule has 1 aromatic rings. The van der Waals surface area contributed by atoms with Crippen molar-refractivity contribution >= 4 is 18.3 Å². The number of carbonyl (C=O) groups is 2. The highest BCUT2D eigenvalue weighted by atomic mass is 16.5. The fourth-order valence-electron chi connectivity index (χ4n) is 1.78. The Kier molecular flexibility index (Phi) is 8.40. The first kappa shape index (κ1) is 19.0. The molecule has 0 aromatic heterocycles. The number of aldehydes is 1. The molecule has 6 nitrogen and oxygen atoms in total. The first-order valence-corrected chi connectivity index (χ1v) is 7.31. The fourth-order valence-corrected chi connectivity index (χ4v) is 1.78. The minimum absolute atomic E-state index is 0.0276. The summed E-state index contributed by atoms with van der Waals surface area (Å²) in [6.45, 7) is 4.07. The van der Waals surface area contributed by atoms with Gasteiger partial charge in [-0.25, -0.2) is 4.79 Å². The molecule has 0 spiro atoms. The Morgan fingerprint density at radius 3 is 2.67 bits per heavy atom. The minimum Gasteiger partial charge on any atom is -0.493 e. The van der Waals surface area contributed by atoms with Crippen molar-refractivity contribution in [3.63, 3.8) is 0 Å². The van der Waals surface area contributed by atoms with Gasteiger partial charge in [-0.3, -0.25) is 4.79 Å². The Labute approximate surface area is 140 Å². The van der Waals surface area contributed by atoms with Crippen LogP contribution in [0.25, 0.3) is 6.08 Å². The lowest BCUT2D eigenvalue weighted by Crippen LogP contribution is -2.05. The zero-order valence-corrected chi connectivity index (χ0v) is 13.5. The number of hydrogen-bond donors (Lipinski definition) is 0. The van der Waals surface area contributed by atoms with E-state index in [1.165, 1.54) is 13.2 Å². The number of unbranched alkanes of at least 4 members (excludes halogenated alkanes) is 1. The second kappa shape index (κ2) is 10.6. The van der Waals surface area contributed by atoms with Crippen LogP contribution in [0.3, 0.4) is 0 Å². The van der Waals surface area contributed by atoms with Crippen LogP contribution in [-0.2, 0) is 14.3 Å². The summed E-state index contributed by atoms with van der Waals surface area (Å²) in [6.07, 6.45) is 4.47. The van der Waals surface area contributed by atoms with Gasteiger partial charge in [0.05, 0.1) is 25.9 Å². The number of methoxy groups -OCH3 is 1. The number of rotatable bonds is 10. The van der Waals surface area contributed by atoms with E-state index in [1.54, 1.807) is 24.3 Å². The Hall–Kier alpha value is -3.07. The van der Waals surface area contributed by atoms with Crippen LogP contribution in [-0.4, -0.2) is 32.6 Å². The molecular formula is C18H19NO5. The lowest BCUT2D eigenvalue weighted by atomic mass is 10.1. The SMILES string of the molecule is C=CC(=O)OCCCCOc1ccc(/C=C(\C#N)C=O)cc1OC. The van der Waals surface area contributed by atoms with Crippen LogP contribution >= 0.6 is 0 Å². The van der Waals surface area contributed by atoms with Crippen molar-refractivity contribution in [2.24, 2.45) is 0 Å². The summed E-state index contributed by atoms with van der Waals surface area (Å²) in [4.78, 5) is 21.5. The molecule has 0 atom stereocenters. The van der Waals surface area contributed by atoms with Crippen LogP contribution in [0, 0.1) is 11.3 Å². The number of ether oxygens (including phenoxy) is 3. The quantitative estimate of drug-likeness (QED) is 0.216. The summed E-state index contributed by atoms with van der Waals surface area (Å²) in [5.41, 5.74) is 0.694. The van der Waals surface area contributed by atoms with Gasteiger partial charge in [0, 0.05) is 6.08 Å². The van der Waals surface area contributed by atoms with E-state index in [2.05, 4.69) is 6.58 Å². The lowest BCUT2D eigenvalue weighted by Gasteiger charge is -2.11. The summed E-state index contributed by atoms with van der Waals surface area (Å²) < 4.78 is 15.8. The number of hydrogen-bond acceptors (Lipinski definition) is 6. The van der Waals surface area contributed by atoms with Crippen molar-refractivity contribution < 1.29 is 23.8 Å². The number of esters is 1. The minimum atomic E-state index is -0.437. The zero-order valence-electron chi connectivity index (χ0n) is 13.5.